The molecule has 2 aromatic heterocycles. The number of thiocarbonyl (C=S) groups is 1. The average Bonchev–Trinajstić information content (AvgIpc) is 3.50. The van der Waals surface area contributed by atoms with Crippen molar-refractivity contribution >= 4 is 47.0 Å². The molecule has 11 heteroatoms. The highest BCUT2D eigenvalue weighted by Crippen LogP contribution is 2.23. The van der Waals surface area contributed by atoms with Gasteiger partial charge >= 0.3 is 6.09 Å². The van der Waals surface area contributed by atoms with E-state index in [0.29, 0.717) is 50.7 Å². The third kappa shape index (κ3) is 5.61. The Morgan fingerprint density at radius 1 is 1.30 bits per heavy atom. The molecule has 4 rings (SSSR count). The highest BCUT2D eigenvalue weighted by molar-refractivity contribution is 7.80. The number of amides is 2. The lowest BCUT2D eigenvalue weighted by atomic mass is 10.2. The Bertz CT molecular complexity index is 1000. The van der Waals surface area contributed by atoms with E-state index in [-0.39, 0.29) is 17.2 Å². The van der Waals surface area contributed by atoms with Gasteiger partial charge in [-0.1, -0.05) is 0 Å². The number of hydrogen-bond donors (Lipinski definition) is 1. The number of nitrogens with zero attached hydrogens (tertiary/aromatic N) is 4. The van der Waals surface area contributed by atoms with E-state index in [4.69, 9.17) is 26.1 Å². The van der Waals surface area contributed by atoms with Crippen LogP contribution in [0.1, 0.15) is 5.76 Å². The minimum absolute atomic E-state index is 0.0443. The number of furan rings is 1. The molecule has 1 N–H and O–H groups in total. The molecule has 1 atom stereocenters. The van der Waals surface area contributed by atoms with E-state index in [1.54, 1.807) is 40.5 Å². The number of aromatic nitrogens is 1. The normalized spacial score (nSPS) is 18.5. The lowest BCUT2D eigenvalue weighted by molar-refractivity contribution is -0.126. The van der Waals surface area contributed by atoms with E-state index in [9.17, 15) is 9.59 Å². The third-order valence-electron chi connectivity index (χ3n) is 5.43. The number of nitrogens with one attached hydrogen (secondary N) is 1. The van der Waals surface area contributed by atoms with Gasteiger partial charge in [0.2, 0.25) is 5.91 Å². The number of carbonyl (C=O) groups excluding carboxylic acids is 2. The molecule has 0 spiro atoms. The molecule has 2 fully saturated rings. The number of methoxy groups -OCH3 is 1. The number of cyclic esters (lactones) is 1. The van der Waals surface area contributed by atoms with E-state index < -0.39 is 6.09 Å². The Labute approximate surface area is 196 Å². The van der Waals surface area contributed by atoms with Crippen LogP contribution in [0.4, 0.5) is 16.3 Å². The van der Waals surface area contributed by atoms with Crippen LogP contribution in [0.25, 0.3) is 6.08 Å². The molecule has 0 radical (unpaired) electrons. The second-order valence-electron chi connectivity index (χ2n) is 7.52. The quantitative estimate of drug-likeness (QED) is 0.500. The maximum Gasteiger partial charge on any atom is 0.414 e. The maximum absolute atomic E-state index is 12.4. The van der Waals surface area contributed by atoms with E-state index in [1.807, 2.05) is 12.1 Å². The molecule has 2 aliphatic heterocycles. The van der Waals surface area contributed by atoms with Gasteiger partial charge in [-0.3, -0.25) is 9.69 Å². The Balaban J connectivity index is 1.28. The largest absolute Gasteiger partial charge is 0.474 e. The molecule has 0 aliphatic carbocycles. The van der Waals surface area contributed by atoms with Crippen LogP contribution in [0.5, 0.6) is 0 Å². The Morgan fingerprint density at radius 2 is 2.12 bits per heavy atom. The summed E-state index contributed by atoms with van der Waals surface area (Å²) < 4.78 is 15.5. The van der Waals surface area contributed by atoms with E-state index >= 15 is 0 Å². The van der Waals surface area contributed by atoms with Crippen LogP contribution in [-0.2, 0) is 14.3 Å². The molecular weight excluding hydrogens is 446 g/mol. The summed E-state index contributed by atoms with van der Waals surface area (Å²) in [6.45, 7) is 3.31. The van der Waals surface area contributed by atoms with Gasteiger partial charge in [0.25, 0.3) is 5.17 Å². The molecular formula is C22H25N5O5S. The van der Waals surface area contributed by atoms with Crippen LogP contribution in [0.3, 0.4) is 0 Å². The molecule has 174 valence electrons. The van der Waals surface area contributed by atoms with Crippen molar-refractivity contribution in [2.45, 2.75) is 6.10 Å². The monoisotopic (exact) mass is 471 g/mol. The first-order valence-corrected chi connectivity index (χ1v) is 11.0. The Morgan fingerprint density at radius 3 is 2.79 bits per heavy atom. The van der Waals surface area contributed by atoms with Gasteiger partial charge in [-0.15, -0.1) is 0 Å². The van der Waals surface area contributed by atoms with Gasteiger partial charge in [-0.05, 0) is 42.6 Å². The van der Waals surface area contributed by atoms with E-state index in [2.05, 4.69) is 15.2 Å². The second-order valence-corrected chi connectivity index (χ2v) is 7.90. The van der Waals surface area contributed by atoms with E-state index in [1.165, 1.54) is 13.2 Å². The summed E-state index contributed by atoms with van der Waals surface area (Å²) in [4.78, 5) is 34.6. The van der Waals surface area contributed by atoms with Gasteiger partial charge in [-0.2, -0.15) is 0 Å². The first-order valence-electron chi connectivity index (χ1n) is 10.5. The number of anilines is 2. The van der Waals surface area contributed by atoms with Gasteiger partial charge in [0.1, 0.15) is 17.7 Å². The van der Waals surface area contributed by atoms with Crippen LogP contribution < -0.4 is 15.1 Å². The van der Waals surface area contributed by atoms with Crippen molar-refractivity contribution in [1.29, 1.82) is 0 Å². The number of rotatable bonds is 6. The number of ether oxygens (including phenoxy) is 2. The summed E-state index contributed by atoms with van der Waals surface area (Å²) in [5.41, 5.74) is 0.664. The summed E-state index contributed by atoms with van der Waals surface area (Å²) in [6.07, 6.45) is 5.68. The summed E-state index contributed by atoms with van der Waals surface area (Å²) in [7, 11) is 1.48. The SMILES string of the molecule is COC(=S)NC[C@H]1CN(c2ccc(N3CCN(C(=O)/C=C/c4ccco4)CC3)nc2)C(=O)O1. The van der Waals surface area contributed by atoms with Crippen LogP contribution >= 0.6 is 12.2 Å². The summed E-state index contributed by atoms with van der Waals surface area (Å²) in [5, 5.41) is 3.15. The highest BCUT2D eigenvalue weighted by atomic mass is 32.1. The molecule has 10 nitrogen and oxygen atoms in total. The van der Waals surface area contributed by atoms with Crippen LogP contribution in [0.2, 0.25) is 0 Å². The average molecular weight is 472 g/mol. The fourth-order valence-electron chi connectivity index (χ4n) is 3.63. The van der Waals surface area contributed by atoms with Crippen LogP contribution in [0, 0.1) is 0 Å². The number of hydrogen-bond acceptors (Lipinski definition) is 8. The maximum atomic E-state index is 12.4. The molecule has 2 aliphatic rings. The molecule has 0 aromatic carbocycles. The molecule has 33 heavy (non-hydrogen) atoms. The van der Waals surface area contributed by atoms with Crippen molar-refractivity contribution in [3.05, 3.63) is 48.6 Å². The minimum Gasteiger partial charge on any atom is -0.474 e. The van der Waals surface area contributed by atoms with E-state index in [0.717, 1.165) is 5.82 Å². The van der Waals surface area contributed by atoms with Crippen molar-refractivity contribution in [2.75, 3.05) is 56.2 Å². The molecule has 2 aromatic rings. The lowest BCUT2D eigenvalue weighted by Crippen LogP contribution is -2.48. The zero-order chi connectivity index (χ0) is 23.2. The topological polar surface area (TPSA) is 100 Å². The van der Waals surface area contributed by atoms with Gasteiger partial charge in [-0.25, -0.2) is 9.78 Å². The van der Waals surface area contributed by atoms with Crippen molar-refractivity contribution < 1.29 is 23.5 Å². The van der Waals surface area contributed by atoms with Crippen LogP contribution in [-0.4, -0.2) is 79.5 Å². The summed E-state index contributed by atoms with van der Waals surface area (Å²) in [6, 6.07) is 7.31. The first kappa shape index (κ1) is 22.6. The Hall–Kier alpha value is -3.60. The number of piperazine rings is 1. The molecule has 0 bridgehead atoms. The highest BCUT2D eigenvalue weighted by Gasteiger charge is 2.32. The van der Waals surface area contributed by atoms with Gasteiger partial charge in [0.05, 0.1) is 38.3 Å². The second kappa shape index (κ2) is 10.3. The number of carbonyl (C=O) groups is 2. The Kier molecular flexibility index (Phi) is 7.08. The first-order chi connectivity index (χ1) is 16.0. The molecule has 0 saturated carbocycles. The number of pyridine rings is 1. The van der Waals surface area contributed by atoms with Crippen molar-refractivity contribution in [1.82, 2.24) is 15.2 Å². The lowest BCUT2D eigenvalue weighted by Gasteiger charge is -2.35. The standard InChI is InChI=1S/C22H25N5O5S/c1-30-21(33)24-14-18-15-27(22(29)32-18)16-4-6-19(23-13-16)25-8-10-26(11-9-25)20(28)7-5-17-3-2-12-31-17/h2-7,12-13,18H,8-11,14-15H2,1H3,(H,24,33)/b7-5+/t18-/m0/s1. The smallest absolute Gasteiger partial charge is 0.414 e. The summed E-state index contributed by atoms with van der Waals surface area (Å²) in [5.74, 6) is 1.40. The van der Waals surface area contributed by atoms with Crippen molar-refractivity contribution in [2.24, 2.45) is 0 Å². The molecule has 2 amide bonds. The third-order valence-corrected chi connectivity index (χ3v) is 5.74. The van der Waals surface area contributed by atoms with Crippen molar-refractivity contribution in [3.8, 4) is 0 Å². The van der Waals surface area contributed by atoms with Gasteiger partial charge < -0.3 is 29.0 Å². The predicted octanol–water partition coefficient (Wildman–Crippen LogP) is 1.88. The van der Waals surface area contributed by atoms with Crippen molar-refractivity contribution in [3.63, 3.8) is 0 Å². The zero-order valence-electron chi connectivity index (χ0n) is 18.2. The summed E-state index contributed by atoms with van der Waals surface area (Å²) >= 11 is 4.94. The van der Waals surface area contributed by atoms with Gasteiger partial charge in [0, 0.05) is 32.3 Å². The molecule has 4 heterocycles. The predicted molar refractivity (Wildman–Crippen MR) is 126 cm³/mol. The van der Waals surface area contributed by atoms with Crippen LogP contribution in [0.15, 0.2) is 47.2 Å². The molecule has 2 saturated heterocycles. The fourth-order valence-corrected chi connectivity index (χ4v) is 3.72. The fraction of sp³-hybridized carbons (Fsp3) is 0.364. The zero-order valence-corrected chi connectivity index (χ0v) is 19.0. The minimum atomic E-state index is -0.422. The molecule has 0 unspecified atom stereocenters. The van der Waals surface area contributed by atoms with Gasteiger partial charge in [0.15, 0.2) is 0 Å².